The lowest BCUT2D eigenvalue weighted by atomic mass is 9.77. The van der Waals surface area contributed by atoms with Crippen LogP contribution in [0.3, 0.4) is 0 Å². The minimum absolute atomic E-state index is 0.0215. The molecule has 0 atom stereocenters. The average molecular weight is 513 g/mol. The number of amides is 2. The molecule has 4 N–H and O–H groups in total. The number of nitrogens with one attached hydrogen (secondary N) is 3. The number of phenols is 1. The predicted molar refractivity (Wildman–Crippen MR) is 133 cm³/mol. The van der Waals surface area contributed by atoms with Crippen LogP contribution in [0.1, 0.15) is 29.6 Å². The van der Waals surface area contributed by atoms with Crippen molar-refractivity contribution in [2.75, 3.05) is 30.3 Å². The number of likely N-dealkylation sites (tertiary alicyclic amines) is 1. The molecule has 0 saturated carbocycles. The van der Waals surface area contributed by atoms with Gasteiger partial charge in [0, 0.05) is 19.6 Å². The van der Waals surface area contributed by atoms with Gasteiger partial charge in [-0.05, 0) is 43.5 Å². The number of hydrogen-bond acceptors (Lipinski definition) is 7. The van der Waals surface area contributed by atoms with E-state index in [1.54, 1.807) is 4.90 Å². The minimum Gasteiger partial charge on any atom is -0.505 e. The molecule has 0 unspecified atom stereocenters. The van der Waals surface area contributed by atoms with Gasteiger partial charge in [0.1, 0.15) is 17.2 Å². The molecule has 2 aliphatic rings. The number of halogens is 2. The number of carbonyl (C=O) groups is 2. The number of phenolic OH excluding ortho intramolecular Hbond substituents is 1. The highest BCUT2D eigenvalue weighted by Gasteiger charge is 2.45. The van der Waals surface area contributed by atoms with Gasteiger partial charge in [-0.3, -0.25) is 19.2 Å². The molecule has 3 aromatic rings. The van der Waals surface area contributed by atoms with E-state index in [1.165, 1.54) is 30.3 Å². The van der Waals surface area contributed by atoms with Crippen LogP contribution in [0, 0.1) is 11.2 Å². The Kier molecular flexibility index (Phi) is 5.91. The Bertz CT molecular complexity index is 1460. The molecular formula is C25H22ClFN4O5. The second-order valence-electron chi connectivity index (χ2n) is 9.04. The number of para-hydroxylation sites is 1. The van der Waals surface area contributed by atoms with Crippen molar-refractivity contribution in [3.05, 3.63) is 73.2 Å². The van der Waals surface area contributed by atoms with Crippen LogP contribution in [0.2, 0.25) is 5.02 Å². The molecule has 9 nitrogen and oxygen atoms in total. The van der Waals surface area contributed by atoms with Gasteiger partial charge in [0.2, 0.25) is 5.91 Å². The monoisotopic (exact) mass is 512 g/mol. The van der Waals surface area contributed by atoms with Gasteiger partial charge >= 0.3 is 0 Å². The second kappa shape index (κ2) is 8.94. The van der Waals surface area contributed by atoms with Gasteiger partial charge < -0.3 is 26.0 Å². The highest BCUT2D eigenvalue weighted by Crippen LogP contribution is 2.39. The van der Waals surface area contributed by atoms with Crippen LogP contribution in [0.4, 0.5) is 27.1 Å². The van der Waals surface area contributed by atoms with Crippen LogP contribution < -0.4 is 26.8 Å². The molecule has 5 rings (SSSR count). The molecule has 36 heavy (non-hydrogen) atoms. The highest BCUT2D eigenvalue weighted by molar-refractivity contribution is 6.33. The van der Waals surface area contributed by atoms with Crippen molar-refractivity contribution in [3.8, 4) is 5.75 Å². The van der Waals surface area contributed by atoms with E-state index in [0.29, 0.717) is 32.5 Å². The lowest BCUT2D eigenvalue weighted by Crippen LogP contribution is -2.46. The summed E-state index contributed by atoms with van der Waals surface area (Å²) in [4.78, 5) is 51.4. The molecule has 2 aliphatic heterocycles. The summed E-state index contributed by atoms with van der Waals surface area (Å²) in [5, 5.41) is 18.8. The molecule has 0 radical (unpaired) electrons. The molecule has 0 aromatic heterocycles. The standard InChI is InChI=1S/C25H22ClFN4O5/c26-17-14(27)4-2-5-15(17)29-18-19(22(34)21(18)33)30-16-6-1-3-13(20(16)32)23(35)31-11-8-25(9-12-31)7-10-28-24(25)36/h1-6,29-30,32H,7-12H2,(H,28,36). The van der Waals surface area contributed by atoms with Gasteiger partial charge in [-0.2, -0.15) is 0 Å². The van der Waals surface area contributed by atoms with Crippen molar-refractivity contribution in [1.82, 2.24) is 10.2 Å². The van der Waals surface area contributed by atoms with Crippen molar-refractivity contribution in [1.29, 1.82) is 0 Å². The molecule has 2 amide bonds. The summed E-state index contributed by atoms with van der Waals surface area (Å²) in [7, 11) is 0. The van der Waals surface area contributed by atoms with Crippen molar-refractivity contribution in [2.24, 2.45) is 5.41 Å². The van der Waals surface area contributed by atoms with E-state index in [2.05, 4.69) is 16.0 Å². The number of benzene rings is 2. The largest absolute Gasteiger partial charge is 0.505 e. The van der Waals surface area contributed by atoms with Gasteiger partial charge in [-0.25, -0.2) is 4.39 Å². The van der Waals surface area contributed by atoms with E-state index >= 15 is 0 Å². The lowest BCUT2D eigenvalue weighted by molar-refractivity contribution is -0.129. The molecule has 0 bridgehead atoms. The zero-order valence-electron chi connectivity index (χ0n) is 19.0. The van der Waals surface area contributed by atoms with E-state index in [-0.39, 0.29) is 45.0 Å². The zero-order chi connectivity index (χ0) is 25.6. The van der Waals surface area contributed by atoms with E-state index in [9.17, 15) is 28.7 Å². The molecule has 3 aromatic carbocycles. The van der Waals surface area contributed by atoms with Crippen LogP contribution in [0.5, 0.6) is 5.75 Å². The van der Waals surface area contributed by atoms with Gasteiger partial charge in [0.15, 0.2) is 5.75 Å². The lowest BCUT2D eigenvalue weighted by Gasteiger charge is -2.37. The fraction of sp³-hybridized carbons (Fsp3) is 0.280. The van der Waals surface area contributed by atoms with Crippen molar-refractivity contribution in [2.45, 2.75) is 19.3 Å². The molecule has 11 heteroatoms. The van der Waals surface area contributed by atoms with Crippen molar-refractivity contribution in [3.63, 3.8) is 0 Å². The van der Waals surface area contributed by atoms with E-state index < -0.39 is 28.0 Å². The number of nitrogens with zero attached hydrogens (tertiary/aromatic N) is 1. The molecular weight excluding hydrogens is 491 g/mol. The quantitative estimate of drug-likeness (QED) is 0.305. The first-order valence-corrected chi connectivity index (χ1v) is 11.8. The van der Waals surface area contributed by atoms with Crippen LogP contribution in [0.15, 0.2) is 46.0 Å². The minimum atomic E-state index is -0.836. The van der Waals surface area contributed by atoms with Crippen molar-refractivity contribution >= 4 is 46.2 Å². The number of rotatable bonds is 5. The Hall–Kier alpha value is -3.92. The molecule has 1 spiro atoms. The molecule has 186 valence electrons. The molecule has 2 heterocycles. The maximum Gasteiger partial charge on any atom is 0.257 e. The summed E-state index contributed by atoms with van der Waals surface area (Å²) in [6, 6.07) is 8.44. The van der Waals surface area contributed by atoms with Gasteiger partial charge in [-0.15, -0.1) is 0 Å². The maximum atomic E-state index is 13.8. The fourth-order valence-electron chi connectivity index (χ4n) is 4.82. The van der Waals surface area contributed by atoms with Crippen LogP contribution in [-0.4, -0.2) is 41.5 Å². The molecule has 2 saturated heterocycles. The normalized spacial score (nSPS) is 16.8. The predicted octanol–water partition coefficient (Wildman–Crippen LogP) is 3.01. The van der Waals surface area contributed by atoms with Crippen LogP contribution in [-0.2, 0) is 4.79 Å². The summed E-state index contributed by atoms with van der Waals surface area (Å²) in [6.07, 6.45) is 1.84. The second-order valence-corrected chi connectivity index (χ2v) is 9.42. The Balaban J connectivity index is 1.35. The van der Waals surface area contributed by atoms with Crippen molar-refractivity contribution < 1.29 is 19.1 Å². The fourth-order valence-corrected chi connectivity index (χ4v) is 4.99. The van der Waals surface area contributed by atoms with Gasteiger partial charge in [0.25, 0.3) is 16.8 Å². The zero-order valence-corrected chi connectivity index (χ0v) is 19.7. The first kappa shape index (κ1) is 23.8. The number of carbonyl (C=O) groups excluding carboxylic acids is 2. The average Bonchev–Trinajstić information content (AvgIpc) is 3.23. The number of aromatic hydroxyl groups is 1. The summed E-state index contributed by atoms with van der Waals surface area (Å²) in [6.45, 7) is 1.40. The summed E-state index contributed by atoms with van der Waals surface area (Å²) >= 11 is 5.93. The third-order valence-corrected chi connectivity index (χ3v) is 7.41. The van der Waals surface area contributed by atoms with Gasteiger partial charge in [0.05, 0.1) is 27.4 Å². The topological polar surface area (TPSA) is 128 Å². The highest BCUT2D eigenvalue weighted by atomic mass is 35.5. The number of piperidine rings is 1. The Morgan fingerprint density at radius 2 is 1.58 bits per heavy atom. The first-order valence-electron chi connectivity index (χ1n) is 11.4. The third-order valence-electron chi connectivity index (χ3n) is 7.03. The Morgan fingerprint density at radius 1 is 0.972 bits per heavy atom. The molecule has 2 fully saturated rings. The van der Waals surface area contributed by atoms with Crippen LogP contribution >= 0.6 is 11.6 Å². The summed E-state index contributed by atoms with van der Waals surface area (Å²) in [5.74, 6) is -1.46. The van der Waals surface area contributed by atoms with E-state index in [1.807, 2.05) is 0 Å². The summed E-state index contributed by atoms with van der Waals surface area (Å²) in [5.41, 5.74) is -2.22. The van der Waals surface area contributed by atoms with E-state index in [4.69, 9.17) is 11.6 Å². The number of hydrogen-bond donors (Lipinski definition) is 4. The SMILES string of the molecule is O=C(c1cccc(Nc2c(Nc3cccc(F)c3Cl)c(=O)c2=O)c1O)N1CCC2(CCNC2=O)CC1. The molecule has 0 aliphatic carbocycles. The third kappa shape index (κ3) is 3.87. The van der Waals surface area contributed by atoms with Gasteiger partial charge in [-0.1, -0.05) is 23.7 Å². The van der Waals surface area contributed by atoms with Crippen LogP contribution in [0.25, 0.3) is 0 Å². The maximum absolute atomic E-state index is 13.8. The Labute approximate surface area is 209 Å². The van der Waals surface area contributed by atoms with E-state index in [0.717, 1.165) is 12.5 Å². The smallest absolute Gasteiger partial charge is 0.257 e. The summed E-state index contributed by atoms with van der Waals surface area (Å²) < 4.78 is 13.8. The number of anilines is 4. The Morgan fingerprint density at radius 3 is 2.22 bits per heavy atom. The first-order chi connectivity index (χ1) is 17.2.